The fourth-order valence-electron chi connectivity index (χ4n) is 1.91. The molecule has 1 N–H and O–H groups in total. The fourth-order valence-corrected chi connectivity index (χ4v) is 1.91. The maximum atomic E-state index is 13.9. The van der Waals surface area contributed by atoms with Crippen molar-refractivity contribution in [1.82, 2.24) is 9.97 Å². The summed E-state index contributed by atoms with van der Waals surface area (Å²) in [6, 6.07) is 7.37. The molecule has 0 bridgehead atoms. The van der Waals surface area contributed by atoms with Crippen LogP contribution in [0.15, 0.2) is 30.5 Å². The van der Waals surface area contributed by atoms with Crippen LogP contribution in [-0.2, 0) is 0 Å². The topological polar surface area (TPSA) is 47.0 Å². The molecule has 20 heavy (non-hydrogen) atoms. The summed E-state index contributed by atoms with van der Waals surface area (Å²) >= 11 is 0. The maximum absolute atomic E-state index is 13.9. The SMILES string of the molecule is CCNc1ncc(F)c(-c2cccc(OC3CC3)c2)n1. The molecule has 0 saturated heterocycles. The second-order valence-electron chi connectivity index (χ2n) is 4.77. The zero-order valence-corrected chi connectivity index (χ0v) is 11.3. The molecule has 5 heteroatoms. The molecule has 1 aromatic carbocycles. The van der Waals surface area contributed by atoms with E-state index in [1.54, 1.807) is 0 Å². The number of anilines is 1. The van der Waals surface area contributed by atoms with Gasteiger partial charge < -0.3 is 10.1 Å². The summed E-state index contributed by atoms with van der Waals surface area (Å²) in [7, 11) is 0. The largest absolute Gasteiger partial charge is 0.490 e. The van der Waals surface area contributed by atoms with E-state index in [1.807, 2.05) is 31.2 Å². The Kier molecular flexibility index (Phi) is 3.50. The van der Waals surface area contributed by atoms with Crippen molar-refractivity contribution in [3.8, 4) is 17.0 Å². The molecule has 0 aliphatic heterocycles. The molecule has 0 amide bonds. The molecule has 0 unspecified atom stereocenters. The molecule has 1 aromatic heterocycles. The molecule has 1 aliphatic rings. The Balaban J connectivity index is 1.92. The highest BCUT2D eigenvalue weighted by atomic mass is 19.1. The monoisotopic (exact) mass is 273 g/mol. The lowest BCUT2D eigenvalue weighted by molar-refractivity contribution is 0.303. The number of halogens is 1. The van der Waals surface area contributed by atoms with E-state index in [-0.39, 0.29) is 5.69 Å². The number of nitrogens with one attached hydrogen (secondary N) is 1. The van der Waals surface area contributed by atoms with Crippen LogP contribution in [0.2, 0.25) is 0 Å². The van der Waals surface area contributed by atoms with Gasteiger partial charge in [-0.1, -0.05) is 12.1 Å². The predicted molar refractivity (Wildman–Crippen MR) is 75.2 cm³/mol. The minimum absolute atomic E-state index is 0.289. The van der Waals surface area contributed by atoms with Crippen LogP contribution >= 0.6 is 0 Å². The highest BCUT2D eigenvalue weighted by molar-refractivity contribution is 5.62. The molecule has 4 nitrogen and oxygen atoms in total. The van der Waals surface area contributed by atoms with Crippen LogP contribution in [0.3, 0.4) is 0 Å². The van der Waals surface area contributed by atoms with E-state index in [1.165, 1.54) is 6.20 Å². The summed E-state index contributed by atoms with van der Waals surface area (Å²) in [5.41, 5.74) is 0.986. The standard InChI is InChI=1S/C15H16FN3O/c1-2-17-15-18-9-13(16)14(19-15)10-4-3-5-12(8-10)20-11-6-7-11/h3-5,8-9,11H,2,6-7H2,1H3,(H,17,18,19). The Hall–Kier alpha value is -2.17. The van der Waals surface area contributed by atoms with Crippen LogP contribution in [0.25, 0.3) is 11.3 Å². The molecule has 104 valence electrons. The van der Waals surface area contributed by atoms with Crippen LogP contribution in [-0.4, -0.2) is 22.6 Å². The minimum Gasteiger partial charge on any atom is -0.490 e. The Morgan fingerprint density at radius 1 is 1.40 bits per heavy atom. The second-order valence-corrected chi connectivity index (χ2v) is 4.77. The molecule has 3 rings (SSSR count). The summed E-state index contributed by atoms with van der Waals surface area (Å²) in [6.45, 7) is 2.63. The molecular weight excluding hydrogens is 257 g/mol. The molecule has 0 radical (unpaired) electrons. The first-order valence-electron chi connectivity index (χ1n) is 6.80. The van der Waals surface area contributed by atoms with E-state index in [9.17, 15) is 4.39 Å². The molecule has 0 atom stereocenters. The average molecular weight is 273 g/mol. The van der Waals surface area contributed by atoms with Crippen LogP contribution in [0.4, 0.5) is 10.3 Å². The third-order valence-corrected chi connectivity index (χ3v) is 3.01. The lowest BCUT2D eigenvalue weighted by Crippen LogP contribution is -2.04. The van der Waals surface area contributed by atoms with Crippen molar-refractivity contribution < 1.29 is 9.13 Å². The molecule has 1 fully saturated rings. The van der Waals surface area contributed by atoms with Crippen LogP contribution < -0.4 is 10.1 Å². The third kappa shape index (κ3) is 2.87. The van der Waals surface area contributed by atoms with Gasteiger partial charge in [0.25, 0.3) is 0 Å². The smallest absolute Gasteiger partial charge is 0.223 e. The first-order valence-corrected chi connectivity index (χ1v) is 6.80. The number of rotatable bonds is 5. The Morgan fingerprint density at radius 2 is 2.25 bits per heavy atom. The Bertz CT molecular complexity index is 614. The lowest BCUT2D eigenvalue weighted by Gasteiger charge is -2.08. The zero-order chi connectivity index (χ0) is 13.9. The van der Waals surface area contributed by atoms with Crippen molar-refractivity contribution in [2.24, 2.45) is 0 Å². The first-order chi connectivity index (χ1) is 9.76. The van der Waals surface area contributed by atoms with E-state index in [0.29, 0.717) is 24.2 Å². The number of nitrogens with zero attached hydrogens (tertiary/aromatic N) is 2. The minimum atomic E-state index is -0.435. The van der Waals surface area contributed by atoms with Gasteiger partial charge in [-0.3, -0.25) is 0 Å². The highest BCUT2D eigenvalue weighted by Crippen LogP contribution is 2.30. The molecule has 1 heterocycles. The molecule has 2 aromatic rings. The molecule has 1 saturated carbocycles. The van der Waals surface area contributed by atoms with Gasteiger partial charge >= 0.3 is 0 Å². The quantitative estimate of drug-likeness (QED) is 0.908. The predicted octanol–water partition coefficient (Wildman–Crippen LogP) is 3.26. The highest BCUT2D eigenvalue weighted by Gasteiger charge is 2.23. The van der Waals surface area contributed by atoms with Crippen molar-refractivity contribution in [1.29, 1.82) is 0 Å². The van der Waals surface area contributed by atoms with Gasteiger partial charge in [-0.25, -0.2) is 14.4 Å². The molecule has 0 spiro atoms. The maximum Gasteiger partial charge on any atom is 0.223 e. The second kappa shape index (κ2) is 5.45. The third-order valence-electron chi connectivity index (χ3n) is 3.01. The fraction of sp³-hybridized carbons (Fsp3) is 0.333. The van der Waals surface area contributed by atoms with Gasteiger partial charge in [-0.05, 0) is 31.9 Å². The van der Waals surface area contributed by atoms with Crippen molar-refractivity contribution in [2.75, 3.05) is 11.9 Å². The number of benzene rings is 1. The van der Waals surface area contributed by atoms with Gasteiger partial charge in [0.05, 0.1) is 12.3 Å². The Morgan fingerprint density at radius 3 is 3.00 bits per heavy atom. The van der Waals surface area contributed by atoms with E-state index < -0.39 is 5.82 Å². The number of hydrogen-bond acceptors (Lipinski definition) is 4. The average Bonchev–Trinajstić information content (AvgIpc) is 3.25. The van der Waals surface area contributed by atoms with Gasteiger partial charge in [0.2, 0.25) is 5.95 Å². The van der Waals surface area contributed by atoms with E-state index in [0.717, 1.165) is 18.6 Å². The van der Waals surface area contributed by atoms with Gasteiger partial charge in [0.1, 0.15) is 11.4 Å². The summed E-state index contributed by atoms with van der Waals surface area (Å²) in [4.78, 5) is 8.12. The molecular formula is C15H16FN3O. The first kappa shape index (κ1) is 12.8. The number of aromatic nitrogens is 2. The van der Waals surface area contributed by atoms with E-state index in [2.05, 4.69) is 15.3 Å². The summed E-state index contributed by atoms with van der Waals surface area (Å²) in [6.07, 6.45) is 3.69. The van der Waals surface area contributed by atoms with Crippen LogP contribution in [0, 0.1) is 5.82 Å². The zero-order valence-electron chi connectivity index (χ0n) is 11.3. The van der Waals surface area contributed by atoms with E-state index >= 15 is 0 Å². The van der Waals surface area contributed by atoms with Gasteiger partial charge in [-0.2, -0.15) is 0 Å². The van der Waals surface area contributed by atoms with E-state index in [4.69, 9.17) is 4.74 Å². The summed E-state index contributed by atoms with van der Waals surface area (Å²) in [5.74, 6) is 0.751. The van der Waals surface area contributed by atoms with Crippen LogP contribution in [0.5, 0.6) is 5.75 Å². The summed E-state index contributed by atoms with van der Waals surface area (Å²) in [5, 5.41) is 2.98. The lowest BCUT2D eigenvalue weighted by atomic mass is 10.1. The molecule has 1 aliphatic carbocycles. The van der Waals surface area contributed by atoms with Crippen molar-refractivity contribution >= 4 is 5.95 Å². The Labute approximate surface area is 117 Å². The van der Waals surface area contributed by atoms with Gasteiger partial charge in [0, 0.05) is 12.1 Å². The normalized spacial score (nSPS) is 14.1. The van der Waals surface area contributed by atoms with Crippen molar-refractivity contribution in [2.45, 2.75) is 25.9 Å². The van der Waals surface area contributed by atoms with Crippen molar-refractivity contribution in [3.63, 3.8) is 0 Å². The summed E-state index contributed by atoms with van der Waals surface area (Å²) < 4.78 is 19.6. The van der Waals surface area contributed by atoms with Crippen LogP contribution in [0.1, 0.15) is 19.8 Å². The number of ether oxygens (including phenoxy) is 1. The van der Waals surface area contributed by atoms with Gasteiger partial charge in [0.15, 0.2) is 5.82 Å². The van der Waals surface area contributed by atoms with Gasteiger partial charge in [-0.15, -0.1) is 0 Å². The number of hydrogen-bond donors (Lipinski definition) is 1. The van der Waals surface area contributed by atoms with Crippen molar-refractivity contribution in [3.05, 3.63) is 36.3 Å².